The lowest BCUT2D eigenvalue weighted by Crippen LogP contribution is -2.21. The quantitative estimate of drug-likeness (QED) is 0.278. The summed E-state index contributed by atoms with van der Waals surface area (Å²) in [5, 5.41) is 11.7. The molecule has 1 atom stereocenters. The minimum Gasteiger partial charge on any atom is -0.489 e. The van der Waals surface area contributed by atoms with Gasteiger partial charge in [0.2, 0.25) is 5.88 Å². The van der Waals surface area contributed by atoms with Crippen LogP contribution in [0.15, 0.2) is 102 Å². The van der Waals surface area contributed by atoms with Crippen LogP contribution in [0.1, 0.15) is 32.3 Å². The maximum absolute atomic E-state index is 12.3. The molecule has 4 aromatic rings. The van der Waals surface area contributed by atoms with Gasteiger partial charge in [-0.15, -0.1) is 11.3 Å². The van der Waals surface area contributed by atoms with Crippen LogP contribution in [0.4, 0.5) is 0 Å². The lowest BCUT2D eigenvalue weighted by atomic mass is 9.83. The summed E-state index contributed by atoms with van der Waals surface area (Å²) in [6.07, 6.45) is 0. The first-order valence-electron chi connectivity index (χ1n) is 10.9. The van der Waals surface area contributed by atoms with E-state index in [-0.39, 0.29) is 5.88 Å². The summed E-state index contributed by atoms with van der Waals surface area (Å²) in [7, 11) is 0. The molecule has 172 valence electrons. The first-order chi connectivity index (χ1) is 17.1. The van der Waals surface area contributed by atoms with E-state index >= 15 is 0 Å². The van der Waals surface area contributed by atoms with Gasteiger partial charge in [0.25, 0.3) is 0 Å². The van der Waals surface area contributed by atoms with Crippen molar-refractivity contribution < 1.29 is 19.0 Å². The van der Waals surface area contributed by atoms with Crippen molar-refractivity contribution in [2.45, 2.75) is 12.5 Å². The number of ether oxygens (including phenoxy) is 3. The molecule has 6 nitrogen and oxygen atoms in total. The molecule has 5 rings (SSSR count). The summed E-state index contributed by atoms with van der Waals surface area (Å²) in [4.78, 5) is 12.8. The van der Waals surface area contributed by atoms with Gasteiger partial charge in [-0.05, 0) is 40.8 Å². The van der Waals surface area contributed by atoms with Crippen LogP contribution >= 0.6 is 11.3 Å². The van der Waals surface area contributed by atoms with Gasteiger partial charge in [-0.1, -0.05) is 54.6 Å². The molecule has 0 saturated carbocycles. The monoisotopic (exact) mass is 480 g/mol. The fraction of sp³-hybridized carbons (Fsp3) is 0.0714. The minimum atomic E-state index is -0.453. The van der Waals surface area contributed by atoms with Crippen molar-refractivity contribution in [3.05, 3.63) is 123 Å². The zero-order valence-corrected chi connectivity index (χ0v) is 19.3. The number of thiophene rings is 1. The Morgan fingerprint density at radius 3 is 2.63 bits per heavy atom. The third-order valence-electron chi connectivity index (χ3n) is 5.56. The topological polar surface area (TPSA) is 94.6 Å². The predicted octanol–water partition coefficient (Wildman–Crippen LogP) is 5.76. The summed E-state index contributed by atoms with van der Waals surface area (Å²) in [5.74, 6) is 0.551. The highest BCUT2D eigenvalue weighted by Gasteiger charge is 2.31. The largest absolute Gasteiger partial charge is 0.489 e. The van der Waals surface area contributed by atoms with Gasteiger partial charge in [0, 0.05) is 11.6 Å². The van der Waals surface area contributed by atoms with Crippen molar-refractivity contribution in [1.29, 1.82) is 5.26 Å². The van der Waals surface area contributed by atoms with Crippen molar-refractivity contribution in [2.75, 3.05) is 0 Å². The maximum atomic E-state index is 12.3. The molecule has 2 N–H and O–H groups in total. The van der Waals surface area contributed by atoms with Crippen LogP contribution < -0.4 is 19.9 Å². The van der Waals surface area contributed by atoms with Crippen molar-refractivity contribution in [3.63, 3.8) is 0 Å². The van der Waals surface area contributed by atoms with E-state index in [1.165, 1.54) is 11.3 Å². The molecule has 3 aromatic carbocycles. The molecule has 0 spiro atoms. The number of allylic oxidation sites excluding steroid dienone is 1. The smallest absolute Gasteiger partial charge is 0.353 e. The summed E-state index contributed by atoms with van der Waals surface area (Å²) < 4.78 is 17.2. The third kappa shape index (κ3) is 4.74. The van der Waals surface area contributed by atoms with Crippen LogP contribution in [-0.4, -0.2) is 5.97 Å². The molecule has 0 radical (unpaired) electrons. The number of hydrogen-bond acceptors (Lipinski definition) is 7. The fourth-order valence-corrected chi connectivity index (χ4v) is 4.52. The first kappa shape index (κ1) is 22.3. The van der Waals surface area contributed by atoms with Gasteiger partial charge in [-0.2, -0.15) is 5.26 Å². The maximum Gasteiger partial charge on any atom is 0.353 e. The molecule has 1 aliphatic heterocycles. The van der Waals surface area contributed by atoms with Gasteiger partial charge < -0.3 is 19.9 Å². The Bertz CT molecular complexity index is 1440. The number of nitriles is 1. The van der Waals surface area contributed by atoms with E-state index < -0.39 is 11.9 Å². The molecular weight excluding hydrogens is 460 g/mol. The Morgan fingerprint density at radius 2 is 1.86 bits per heavy atom. The van der Waals surface area contributed by atoms with Crippen molar-refractivity contribution in [2.24, 2.45) is 5.73 Å². The molecule has 2 heterocycles. The average molecular weight is 481 g/mol. The average Bonchev–Trinajstić information content (AvgIpc) is 3.43. The van der Waals surface area contributed by atoms with Gasteiger partial charge in [-0.3, -0.25) is 0 Å². The number of benzene rings is 3. The Morgan fingerprint density at radius 1 is 1.00 bits per heavy atom. The number of hydrogen-bond donors (Lipinski definition) is 1. The number of nitrogens with zero attached hydrogens (tertiary/aromatic N) is 1. The second-order valence-corrected chi connectivity index (χ2v) is 8.79. The molecule has 1 aliphatic rings. The normalized spacial score (nSPS) is 14.4. The second kappa shape index (κ2) is 9.75. The molecule has 0 bridgehead atoms. The van der Waals surface area contributed by atoms with E-state index in [2.05, 4.69) is 6.07 Å². The van der Waals surface area contributed by atoms with Crippen molar-refractivity contribution in [3.8, 4) is 23.3 Å². The predicted molar refractivity (Wildman–Crippen MR) is 132 cm³/mol. The van der Waals surface area contributed by atoms with Crippen LogP contribution in [-0.2, 0) is 6.61 Å². The zero-order valence-electron chi connectivity index (χ0n) is 18.5. The van der Waals surface area contributed by atoms with Crippen LogP contribution in [0.2, 0.25) is 0 Å². The fourth-order valence-electron chi connectivity index (χ4n) is 3.92. The molecule has 35 heavy (non-hydrogen) atoms. The van der Waals surface area contributed by atoms with E-state index in [4.69, 9.17) is 19.9 Å². The molecule has 1 unspecified atom stereocenters. The third-order valence-corrected chi connectivity index (χ3v) is 6.41. The van der Waals surface area contributed by atoms with Gasteiger partial charge in [-0.25, -0.2) is 4.79 Å². The van der Waals surface area contributed by atoms with Crippen molar-refractivity contribution in [1.82, 2.24) is 0 Å². The van der Waals surface area contributed by atoms with Gasteiger partial charge >= 0.3 is 5.97 Å². The molecular formula is C28H20N2O4S. The molecule has 0 aliphatic carbocycles. The summed E-state index contributed by atoms with van der Waals surface area (Å²) in [6.45, 7) is 0.427. The Labute approximate surface area is 206 Å². The van der Waals surface area contributed by atoms with Crippen LogP contribution in [0, 0.1) is 11.3 Å². The molecule has 0 saturated heterocycles. The van der Waals surface area contributed by atoms with Gasteiger partial charge in [0.05, 0.1) is 5.92 Å². The number of nitrogens with two attached hydrogens (primary N) is 1. The highest BCUT2D eigenvalue weighted by atomic mass is 32.1. The standard InChI is InChI=1S/C28H20N2O4S/c29-16-23-26(19-8-4-9-20(14-19)32-17-18-6-2-1-3-7-18)22-12-11-21(15-24(22)34-27(23)30)33-28(31)25-10-5-13-35-25/h1-15,26H,17,30H2. The number of fused-ring (bicyclic) bond motifs is 1. The minimum absolute atomic E-state index is 0.0161. The SMILES string of the molecule is N#CC1=C(N)Oc2cc(OC(=O)c3cccs3)ccc2C1c1cccc(OCc2ccccc2)c1. The van der Waals surface area contributed by atoms with E-state index in [1.54, 1.807) is 30.3 Å². The Kier molecular flexibility index (Phi) is 6.20. The number of carbonyl (C=O) groups excluding carboxylic acids is 1. The lowest BCUT2D eigenvalue weighted by Gasteiger charge is -2.27. The van der Waals surface area contributed by atoms with Crippen LogP contribution in [0.5, 0.6) is 17.2 Å². The first-order valence-corrected chi connectivity index (χ1v) is 11.7. The van der Waals surface area contributed by atoms with Crippen LogP contribution in [0.3, 0.4) is 0 Å². The Balaban J connectivity index is 1.44. The summed E-state index contributed by atoms with van der Waals surface area (Å²) >= 11 is 1.30. The van der Waals surface area contributed by atoms with Gasteiger partial charge in [0.15, 0.2) is 0 Å². The summed E-state index contributed by atoms with van der Waals surface area (Å²) in [5.41, 5.74) is 9.07. The zero-order chi connectivity index (χ0) is 24.2. The number of carbonyl (C=O) groups is 1. The molecule has 7 heteroatoms. The van der Waals surface area contributed by atoms with E-state index in [0.717, 1.165) is 16.7 Å². The van der Waals surface area contributed by atoms with E-state index in [9.17, 15) is 10.1 Å². The summed E-state index contributed by atoms with van der Waals surface area (Å²) in [6, 6.07) is 28.2. The molecule has 0 amide bonds. The molecule has 1 aromatic heterocycles. The number of rotatable bonds is 6. The highest BCUT2D eigenvalue weighted by Crippen LogP contribution is 2.44. The second-order valence-electron chi connectivity index (χ2n) is 7.84. The Hall–Kier alpha value is -4.54. The van der Waals surface area contributed by atoms with Gasteiger partial charge in [0.1, 0.15) is 40.4 Å². The van der Waals surface area contributed by atoms with E-state index in [1.807, 2.05) is 60.0 Å². The number of esters is 1. The van der Waals surface area contributed by atoms with E-state index in [0.29, 0.717) is 34.3 Å². The van der Waals surface area contributed by atoms with Crippen LogP contribution in [0.25, 0.3) is 0 Å². The van der Waals surface area contributed by atoms with Crippen molar-refractivity contribution >= 4 is 17.3 Å². The lowest BCUT2D eigenvalue weighted by molar-refractivity contribution is 0.0739. The molecule has 0 fully saturated rings. The highest BCUT2D eigenvalue weighted by molar-refractivity contribution is 7.12.